The summed E-state index contributed by atoms with van der Waals surface area (Å²) in [5.74, 6) is 0. The number of benzene rings is 9. The number of anilines is 3. The molecular weight excluding hydrogens is 615 g/mol. The van der Waals surface area contributed by atoms with Crippen LogP contribution in [0.1, 0.15) is 11.0 Å². The molecule has 0 aliphatic heterocycles. The van der Waals surface area contributed by atoms with Crippen molar-refractivity contribution >= 4 is 38.6 Å². The van der Waals surface area contributed by atoms with Crippen LogP contribution < -0.4 is 4.90 Å². The molecule has 1 nitrogen and oxygen atoms in total. The fourth-order valence-electron chi connectivity index (χ4n) is 6.75. The molecule has 0 heterocycles. The summed E-state index contributed by atoms with van der Waals surface area (Å²) < 4.78 is 75.0. The quantitative estimate of drug-likeness (QED) is 0.165. The third kappa shape index (κ3) is 5.86. The maximum absolute atomic E-state index is 9.53. The van der Waals surface area contributed by atoms with E-state index in [1.54, 1.807) is 42.5 Å². The van der Waals surface area contributed by atoms with Crippen LogP contribution in [0.25, 0.3) is 66.1 Å². The van der Waals surface area contributed by atoms with E-state index in [0.717, 1.165) is 43.8 Å². The van der Waals surface area contributed by atoms with Gasteiger partial charge in [-0.25, -0.2) is 0 Å². The smallest absolute Gasteiger partial charge is 0.0645 e. The number of hydrogen-bond acceptors (Lipinski definition) is 1. The van der Waals surface area contributed by atoms with Gasteiger partial charge in [-0.2, -0.15) is 0 Å². The van der Waals surface area contributed by atoms with E-state index in [1.165, 1.54) is 4.90 Å². The lowest BCUT2D eigenvalue weighted by molar-refractivity contribution is 1.28. The Labute approximate surface area is 310 Å². The van der Waals surface area contributed by atoms with E-state index in [2.05, 4.69) is 36.4 Å². The molecular formula is C50H35N. The zero-order valence-electron chi connectivity index (χ0n) is 35.5. The molecule has 0 aromatic heterocycles. The summed E-state index contributed by atoms with van der Waals surface area (Å²) in [6.07, 6.45) is 0. The molecule has 0 bridgehead atoms. The molecule has 9 rings (SSSR count). The van der Waals surface area contributed by atoms with Crippen molar-refractivity contribution in [3.8, 4) is 44.5 Å². The van der Waals surface area contributed by atoms with E-state index in [1.807, 2.05) is 84.9 Å². The van der Waals surface area contributed by atoms with Gasteiger partial charge in [0.25, 0.3) is 0 Å². The molecule has 9 aromatic rings. The first-order valence-electron chi connectivity index (χ1n) is 20.9. The van der Waals surface area contributed by atoms with Crippen molar-refractivity contribution in [3.05, 3.63) is 212 Å². The lowest BCUT2D eigenvalue weighted by Crippen LogP contribution is -2.09. The first kappa shape index (κ1) is 22.8. The van der Waals surface area contributed by atoms with Crippen LogP contribution in [0.15, 0.2) is 212 Å². The highest BCUT2D eigenvalue weighted by molar-refractivity contribution is 6.04. The summed E-state index contributed by atoms with van der Waals surface area (Å²) in [7, 11) is 0. The van der Waals surface area contributed by atoms with E-state index in [-0.39, 0.29) is 70.8 Å². The predicted octanol–water partition coefficient (Wildman–Crippen LogP) is 14.1. The zero-order valence-corrected chi connectivity index (χ0v) is 27.5. The third-order valence-corrected chi connectivity index (χ3v) is 9.22. The minimum Gasteiger partial charge on any atom is -0.311 e. The summed E-state index contributed by atoms with van der Waals surface area (Å²) in [6, 6.07) is 49.0. The van der Waals surface area contributed by atoms with Gasteiger partial charge in [0, 0.05) is 17.1 Å². The molecule has 0 atom stereocenters. The van der Waals surface area contributed by atoms with Crippen molar-refractivity contribution < 1.29 is 11.0 Å². The summed E-state index contributed by atoms with van der Waals surface area (Å²) >= 11 is 0. The first-order chi connectivity index (χ1) is 28.7. The highest BCUT2D eigenvalue weighted by Crippen LogP contribution is 2.41. The van der Waals surface area contributed by atoms with Crippen LogP contribution in [0.2, 0.25) is 0 Å². The Morgan fingerprint density at radius 1 is 0.294 bits per heavy atom. The molecule has 0 saturated carbocycles. The van der Waals surface area contributed by atoms with Crippen LogP contribution in [-0.2, 0) is 0 Å². The van der Waals surface area contributed by atoms with Gasteiger partial charge in [0.2, 0.25) is 0 Å². The van der Waals surface area contributed by atoms with Gasteiger partial charge in [-0.1, -0.05) is 176 Å². The average molecular weight is 658 g/mol. The largest absolute Gasteiger partial charge is 0.311 e. The molecule has 9 aromatic carbocycles. The lowest BCUT2D eigenvalue weighted by atomic mass is 9.89. The molecule has 0 saturated heterocycles. The molecule has 0 aliphatic rings. The highest BCUT2D eigenvalue weighted by Gasteiger charge is 2.16. The lowest BCUT2D eigenvalue weighted by Gasteiger charge is -2.26. The number of rotatable bonds is 7. The van der Waals surface area contributed by atoms with Gasteiger partial charge >= 0.3 is 0 Å². The first-order valence-corrected chi connectivity index (χ1v) is 16.9. The summed E-state index contributed by atoms with van der Waals surface area (Å²) in [6.45, 7) is 0. The van der Waals surface area contributed by atoms with Gasteiger partial charge in [-0.15, -0.1) is 0 Å². The maximum Gasteiger partial charge on any atom is 0.0645 e. The van der Waals surface area contributed by atoms with Crippen molar-refractivity contribution in [2.45, 2.75) is 0 Å². The Bertz CT molecular complexity index is 3010. The normalized spacial score (nSPS) is 13.3. The standard InChI is InChI=1S/C50H35N/c1-3-12-36(13-4-1)37-22-29-43(30-23-37)51(44-31-24-41(25-32-44)47-21-11-18-38-16-7-9-19-46(38)47)45-33-26-42(27-34-45)50-48-20-10-8-17-40(48)28-35-49(50)39-14-5-2-6-15-39/h1-35H/i22D,23D,24D,25D,29D,30D,31D,32D. The number of nitrogens with zero attached hydrogens (tertiary/aromatic N) is 1. The van der Waals surface area contributed by atoms with Gasteiger partial charge < -0.3 is 4.90 Å². The van der Waals surface area contributed by atoms with E-state index < -0.39 is 0 Å². The van der Waals surface area contributed by atoms with E-state index in [0.29, 0.717) is 16.8 Å². The van der Waals surface area contributed by atoms with Crippen molar-refractivity contribution in [2.24, 2.45) is 0 Å². The SMILES string of the molecule is [2H]c1c([2H])c(N(c2ccc(-c3c(-c4ccccc4)ccc4ccccc34)cc2)c2c([2H])c([2H])c(-c3cccc4ccccc34)c([2H])c2[2H])c([2H])c([2H])c1-c1ccccc1. The van der Waals surface area contributed by atoms with Gasteiger partial charge in [-0.3, -0.25) is 0 Å². The summed E-state index contributed by atoms with van der Waals surface area (Å²) in [4.78, 5) is 1.36. The minimum atomic E-state index is -0.387. The molecule has 0 fully saturated rings. The van der Waals surface area contributed by atoms with Crippen molar-refractivity contribution in [2.75, 3.05) is 4.90 Å². The Hall–Kier alpha value is -6.70. The highest BCUT2D eigenvalue weighted by atomic mass is 15.1. The Morgan fingerprint density at radius 3 is 1.49 bits per heavy atom. The molecule has 0 spiro atoms. The molecule has 0 aliphatic carbocycles. The minimum absolute atomic E-state index is 0.120. The van der Waals surface area contributed by atoms with E-state index >= 15 is 0 Å². The van der Waals surface area contributed by atoms with Crippen LogP contribution in [0.3, 0.4) is 0 Å². The van der Waals surface area contributed by atoms with E-state index in [4.69, 9.17) is 0 Å². The molecule has 0 radical (unpaired) electrons. The monoisotopic (exact) mass is 657 g/mol. The molecule has 0 unspecified atom stereocenters. The summed E-state index contributed by atoms with van der Waals surface area (Å²) in [5.41, 5.74) is 5.17. The molecule has 0 amide bonds. The fourth-order valence-corrected chi connectivity index (χ4v) is 6.75. The van der Waals surface area contributed by atoms with Gasteiger partial charge in [-0.05, 0) is 102 Å². The third-order valence-electron chi connectivity index (χ3n) is 9.22. The maximum atomic E-state index is 9.53. The number of fused-ring (bicyclic) bond motifs is 2. The number of hydrogen-bond donors (Lipinski definition) is 0. The van der Waals surface area contributed by atoms with Crippen LogP contribution in [0, 0.1) is 0 Å². The molecule has 0 N–H and O–H groups in total. The average Bonchev–Trinajstić information content (AvgIpc) is 3.28. The topological polar surface area (TPSA) is 3.24 Å². The molecule has 240 valence electrons. The van der Waals surface area contributed by atoms with Crippen molar-refractivity contribution in [3.63, 3.8) is 0 Å². The summed E-state index contributed by atoms with van der Waals surface area (Å²) in [5, 5.41) is 3.76. The molecule has 1 heteroatoms. The second-order valence-electron chi connectivity index (χ2n) is 12.3. The Morgan fingerprint density at radius 2 is 0.824 bits per heavy atom. The van der Waals surface area contributed by atoms with Crippen LogP contribution >= 0.6 is 0 Å². The van der Waals surface area contributed by atoms with Crippen molar-refractivity contribution in [1.29, 1.82) is 0 Å². The second kappa shape index (κ2) is 13.3. The van der Waals surface area contributed by atoms with Crippen molar-refractivity contribution in [1.82, 2.24) is 0 Å². The van der Waals surface area contributed by atoms with Crippen LogP contribution in [0.4, 0.5) is 17.1 Å². The Kier molecular flexibility index (Phi) is 5.96. The Balaban J connectivity index is 1.30. The van der Waals surface area contributed by atoms with Crippen LogP contribution in [0.5, 0.6) is 0 Å². The van der Waals surface area contributed by atoms with Gasteiger partial charge in [0.1, 0.15) is 0 Å². The second-order valence-corrected chi connectivity index (χ2v) is 12.3. The fraction of sp³-hybridized carbons (Fsp3) is 0. The zero-order chi connectivity index (χ0) is 40.9. The van der Waals surface area contributed by atoms with Gasteiger partial charge in [0.05, 0.1) is 11.0 Å². The van der Waals surface area contributed by atoms with E-state index in [9.17, 15) is 11.0 Å². The molecule has 51 heavy (non-hydrogen) atoms. The van der Waals surface area contributed by atoms with Crippen LogP contribution in [-0.4, -0.2) is 0 Å². The van der Waals surface area contributed by atoms with Gasteiger partial charge in [0.15, 0.2) is 0 Å². The predicted molar refractivity (Wildman–Crippen MR) is 218 cm³/mol.